The number of thioether (sulfide) groups is 1. The number of fused-ring (bicyclic) bond motifs is 1. The number of benzene rings is 1. The zero-order valence-corrected chi connectivity index (χ0v) is 12.0. The van der Waals surface area contributed by atoms with Crippen molar-refractivity contribution in [1.29, 1.82) is 5.26 Å². The number of allylic oxidation sites excluding steroid dienone is 2. The molecule has 1 unspecified atom stereocenters. The van der Waals surface area contributed by atoms with E-state index < -0.39 is 0 Å². The van der Waals surface area contributed by atoms with Gasteiger partial charge in [-0.1, -0.05) is 29.8 Å². The average molecular weight is 271 g/mol. The van der Waals surface area contributed by atoms with Gasteiger partial charge in [-0.25, -0.2) is 0 Å². The molecule has 1 aromatic rings. The van der Waals surface area contributed by atoms with Gasteiger partial charge in [-0.2, -0.15) is 5.26 Å². The quantitative estimate of drug-likeness (QED) is 0.851. The van der Waals surface area contributed by atoms with Gasteiger partial charge in [0.25, 0.3) is 0 Å². The Kier molecular flexibility index (Phi) is 4.47. The highest BCUT2D eigenvalue weighted by atomic mass is 32.2. The zero-order valence-electron chi connectivity index (χ0n) is 11.2. The van der Waals surface area contributed by atoms with Crippen molar-refractivity contribution in [2.45, 2.75) is 30.4 Å². The summed E-state index contributed by atoms with van der Waals surface area (Å²) in [6.45, 7) is 4.10. The third kappa shape index (κ3) is 3.09. The molecule has 0 saturated heterocycles. The molecule has 1 atom stereocenters. The highest BCUT2D eigenvalue weighted by Gasteiger charge is 2.20. The lowest BCUT2D eigenvalue weighted by molar-refractivity contribution is 0.329. The molecule has 98 valence electrons. The first-order valence-electron chi connectivity index (χ1n) is 6.29. The molecular weight excluding hydrogens is 254 g/mol. The predicted octanol–water partition coefficient (Wildman–Crippen LogP) is 3.79. The lowest BCUT2D eigenvalue weighted by Crippen LogP contribution is -2.07. The van der Waals surface area contributed by atoms with E-state index in [0.717, 1.165) is 23.1 Å². The van der Waals surface area contributed by atoms with E-state index in [-0.39, 0.29) is 11.9 Å². The molecular formula is C16H17NOS. The highest BCUT2D eigenvalue weighted by Crippen LogP contribution is 2.39. The van der Waals surface area contributed by atoms with Crippen LogP contribution in [0.5, 0.6) is 0 Å². The Bertz CT molecular complexity index is 581. The van der Waals surface area contributed by atoms with E-state index in [9.17, 15) is 5.26 Å². The molecule has 1 heterocycles. The summed E-state index contributed by atoms with van der Waals surface area (Å²) < 4.78 is 0. The smallest absolute Gasteiger partial charge is 0.0995 e. The van der Waals surface area contributed by atoms with Crippen molar-refractivity contribution >= 4 is 17.3 Å². The van der Waals surface area contributed by atoms with Crippen molar-refractivity contribution in [3.05, 3.63) is 47.1 Å². The van der Waals surface area contributed by atoms with Gasteiger partial charge in [0.2, 0.25) is 0 Å². The van der Waals surface area contributed by atoms with E-state index in [0.29, 0.717) is 0 Å². The van der Waals surface area contributed by atoms with Crippen LogP contribution in [0.1, 0.15) is 25.8 Å². The van der Waals surface area contributed by atoms with Crippen LogP contribution in [0.3, 0.4) is 0 Å². The van der Waals surface area contributed by atoms with Crippen LogP contribution in [0.25, 0.3) is 5.57 Å². The number of nitriles is 1. The van der Waals surface area contributed by atoms with Gasteiger partial charge in [0, 0.05) is 15.7 Å². The largest absolute Gasteiger partial charge is 0.392 e. The normalized spacial score (nSPS) is 19.1. The van der Waals surface area contributed by atoms with E-state index >= 15 is 0 Å². The number of aliphatic hydroxyl groups excluding tert-OH is 1. The van der Waals surface area contributed by atoms with Gasteiger partial charge in [0.05, 0.1) is 18.2 Å². The molecule has 1 aromatic carbocycles. The van der Waals surface area contributed by atoms with E-state index in [4.69, 9.17) is 5.11 Å². The molecule has 0 bridgehead atoms. The Morgan fingerprint density at radius 2 is 2.05 bits per heavy atom. The van der Waals surface area contributed by atoms with Crippen LogP contribution in [0, 0.1) is 11.3 Å². The van der Waals surface area contributed by atoms with E-state index in [1.165, 1.54) is 10.5 Å². The first-order valence-corrected chi connectivity index (χ1v) is 7.17. The minimum absolute atomic E-state index is 0.106. The van der Waals surface area contributed by atoms with E-state index in [1.807, 2.05) is 38.1 Å². The number of aliphatic hydroxyl groups is 1. The molecule has 0 radical (unpaired) electrons. The van der Waals surface area contributed by atoms with Crippen LogP contribution in [-0.4, -0.2) is 17.0 Å². The van der Waals surface area contributed by atoms with Gasteiger partial charge >= 0.3 is 0 Å². The summed E-state index contributed by atoms with van der Waals surface area (Å²) in [6, 6.07) is 10.3. The van der Waals surface area contributed by atoms with Crippen molar-refractivity contribution in [1.82, 2.24) is 0 Å². The summed E-state index contributed by atoms with van der Waals surface area (Å²) in [5.74, 6) is 0. The summed E-state index contributed by atoms with van der Waals surface area (Å²) in [7, 11) is 0. The van der Waals surface area contributed by atoms with Crippen LogP contribution in [0.2, 0.25) is 0 Å². The zero-order chi connectivity index (χ0) is 13.8. The minimum Gasteiger partial charge on any atom is -0.392 e. The average Bonchev–Trinajstić information content (AvgIpc) is 2.45. The van der Waals surface area contributed by atoms with Gasteiger partial charge < -0.3 is 5.11 Å². The maximum Gasteiger partial charge on any atom is 0.0995 e. The summed E-state index contributed by atoms with van der Waals surface area (Å²) in [6.07, 6.45) is 2.91. The maximum absolute atomic E-state index is 9.27. The van der Waals surface area contributed by atoms with Crippen molar-refractivity contribution < 1.29 is 5.11 Å². The van der Waals surface area contributed by atoms with Crippen LogP contribution < -0.4 is 0 Å². The molecule has 0 spiro atoms. The SMILES string of the molecule is C/C(CO)=C(\C)CC1C=C(C#N)c2ccccc2S1. The monoisotopic (exact) mass is 271 g/mol. The number of hydrogen-bond donors (Lipinski definition) is 1. The minimum atomic E-state index is 0.106. The predicted molar refractivity (Wildman–Crippen MR) is 79.8 cm³/mol. The first-order chi connectivity index (χ1) is 9.15. The third-order valence-corrected chi connectivity index (χ3v) is 4.62. The number of hydrogen-bond acceptors (Lipinski definition) is 3. The molecule has 0 aliphatic carbocycles. The Hall–Kier alpha value is -1.50. The lowest BCUT2D eigenvalue weighted by Gasteiger charge is -2.21. The van der Waals surface area contributed by atoms with Crippen molar-refractivity contribution in [3.8, 4) is 6.07 Å². The summed E-state index contributed by atoms with van der Waals surface area (Å²) in [4.78, 5) is 1.17. The Labute approximate surface area is 118 Å². The van der Waals surface area contributed by atoms with Gasteiger partial charge in [0.1, 0.15) is 0 Å². The molecule has 2 rings (SSSR count). The molecule has 0 aromatic heterocycles. The van der Waals surface area contributed by atoms with Crippen molar-refractivity contribution in [2.24, 2.45) is 0 Å². The summed E-state index contributed by atoms with van der Waals surface area (Å²) in [5, 5.41) is 18.7. The van der Waals surface area contributed by atoms with Gasteiger partial charge in [-0.05, 0) is 31.9 Å². The molecule has 0 amide bonds. The number of nitrogens with zero attached hydrogens (tertiary/aromatic N) is 1. The number of rotatable bonds is 3. The van der Waals surface area contributed by atoms with Crippen molar-refractivity contribution in [2.75, 3.05) is 6.61 Å². The Balaban J connectivity index is 2.27. The molecule has 1 N–H and O–H groups in total. The van der Waals surface area contributed by atoms with Gasteiger partial charge in [-0.15, -0.1) is 11.8 Å². The van der Waals surface area contributed by atoms with Crippen LogP contribution in [0.15, 0.2) is 46.4 Å². The highest BCUT2D eigenvalue weighted by molar-refractivity contribution is 8.00. The van der Waals surface area contributed by atoms with Crippen LogP contribution >= 0.6 is 11.8 Å². The Morgan fingerprint density at radius 1 is 1.32 bits per heavy atom. The van der Waals surface area contributed by atoms with E-state index in [2.05, 4.69) is 12.1 Å². The fraction of sp³-hybridized carbons (Fsp3) is 0.312. The second kappa shape index (κ2) is 6.10. The maximum atomic E-state index is 9.27. The lowest BCUT2D eigenvalue weighted by atomic mass is 10.0. The van der Waals surface area contributed by atoms with Gasteiger partial charge in [0.15, 0.2) is 0 Å². The fourth-order valence-corrected chi connectivity index (χ4v) is 3.40. The molecule has 3 heteroatoms. The van der Waals surface area contributed by atoms with Crippen LogP contribution in [0.4, 0.5) is 0 Å². The second-order valence-electron chi connectivity index (χ2n) is 4.77. The van der Waals surface area contributed by atoms with Crippen molar-refractivity contribution in [3.63, 3.8) is 0 Å². The summed E-state index contributed by atoms with van der Waals surface area (Å²) in [5.41, 5.74) is 4.01. The second-order valence-corrected chi connectivity index (χ2v) is 6.05. The standard InChI is InChI=1S/C16H17NOS/c1-11(12(2)10-18)7-14-8-13(9-17)15-5-3-4-6-16(15)19-14/h3-6,8,14,18H,7,10H2,1-2H3/b12-11-. The topological polar surface area (TPSA) is 44.0 Å². The first kappa shape index (κ1) is 13.9. The molecule has 19 heavy (non-hydrogen) atoms. The fourth-order valence-electron chi connectivity index (χ4n) is 2.07. The third-order valence-electron chi connectivity index (χ3n) is 3.40. The summed E-state index contributed by atoms with van der Waals surface area (Å²) >= 11 is 1.79. The van der Waals surface area contributed by atoms with E-state index in [1.54, 1.807) is 11.8 Å². The molecule has 0 saturated carbocycles. The molecule has 0 fully saturated rings. The van der Waals surface area contributed by atoms with Crippen LogP contribution in [-0.2, 0) is 0 Å². The molecule has 1 aliphatic heterocycles. The molecule has 1 aliphatic rings. The van der Waals surface area contributed by atoms with Gasteiger partial charge in [-0.3, -0.25) is 0 Å². The molecule has 2 nitrogen and oxygen atoms in total. The Morgan fingerprint density at radius 3 is 2.74 bits per heavy atom.